The lowest BCUT2D eigenvalue weighted by Crippen LogP contribution is -2.50. The van der Waals surface area contributed by atoms with Crippen molar-refractivity contribution >= 4 is 28.5 Å². The van der Waals surface area contributed by atoms with E-state index in [1.165, 1.54) is 18.5 Å². The summed E-state index contributed by atoms with van der Waals surface area (Å²) >= 11 is 0. The normalized spacial score (nSPS) is 21.5. The van der Waals surface area contributed by atoms with Gasteiger partial charge in [-0.3, -0.25) is 4.79 Å². The Balaban J connectivity index is 1.43. The fourth-order valence-electron chi connectivity index (χ4n) is 4.24. The van der Waals surface area contributed by atoms with Crippen molar-refractivity contribution in [2.24, 2.45) is 11.7 Å². The number of Topliss-reactive ketones (excluding diaryl/α,β-unsaturated/α-hetero) is 1. The van der Waals surface area contributed by atoms with Crippen molar-refractivity contribution in [1.82, 2.24) is 19.5 Å². The maximum Gasteiger partial charge on any atom is 0.165 e. The molecule has 1 saturated carbocycles. The van der Waals surface area contributed by atoms with E-state index >= 15 is 0 Å². The number of halogens is 1. The van der Waals surface area contributed by atoms with E-state index < -0.39 is 5.54 Å². The second-order valence-electron chi connectivity index (χ2n) is 8.47. The number of fused-ring (bicyclic) bond motifs is 1. The molecule has 1 aliphatic heterocycles. The van der Waals surface area contributed by atoms with E-state index in [2.05, 4.69) is 19.9 Å². The van der Waals surface area contributed by atoms with Gasteiger partial charge in [0.05, 0.1) is 18.4 Å². The number of nitrogens with zero attached hydrogens (tertiary/aromatic N) is 5. The van der Waals surface area contributed by atoms with E-state index in [1.807, 2.05) is 4.57 Å². The van der Waals surface area contributed by atoms with E-state index in [0.717, 1.165) is 24.1 Å². The third kappa shape index (κ3) is 3.39. The van der Waals surface area contributed by atoms with Crippen molar-refractivity contribution in [3.8, 4) is 0 Å². The fourth-order valence-corrected chi connectivity index (χ4v) is 4.24. The van der Waals surface area contributed by atoms with E-state index in [1.54, 1.807) is 12.4 Å². The smallest absolute Gasteiger partial charge is 0.165 e. The van der Waals surface area contributed by atoms with Crippen LogP contribution in [0.2, 0.25) is 0 Å². The van der Waals surface area contributed by atoms with Gasteiger partial charge in [0.2, 0.25) is 0 Å². The van der Waals surface area contributed by atoms with Gasteiger partial charge < -0.3 is 20.9 Å². The molecule has 30 heavy (non-hydrogen) atoms. The summed E-state index contributed by atoms with van der Waals surface area (Å²) in [5.74, 6) is 0.636. The average molecular weight is 409 g/mol. The summed E-state index contributed by atoms with van der Waals surface area (Å²) in [7, 11) is 0. The second kappa shape index (κ2) is 7.02. The zero-order valence-corrected chi connectivity index (χ0v) is 16.6. The van der Waals surface area contributed by atoms with E-state index in [9.17, 15) is 9.18 Å². The molecular formula is C21H24FN7O. The predicted molar refractivity (Wildman–Crippen MR) is 111 cm³/mol. The zero-order chi connectivity index (χ0) is 20.9. The maximum absolute atomic E-state index is 14.1. The van der Waals surface area contributed by atoms with E-state index in [-0.39, 0.29) is 11.6 Å². The predicted octanol–water partition coefficient (Wildman–Crippen LogP) is 1.87. The molecule has 1 aromatic carbocycles. The molecule has 4 N–H and O–H groups in total. The summed E-state index contributed by atoms with van der Waals surface area (Å²) in [5, 5.41) is 0. The number of nitrogen functional groups attached to an aromatic ring is 1. The number of hydrogen-bond donors (Lipinski definition) is 2. The number of hydrogen-bond acceptors (Lipinski definition) is 7. The molecule has 0 radical (unpaired) electrons. The molecule has 0 unspecified atom stereocenters. The molecule has 0 bridgehead atoms. The first-order valence-corrected chi connectivity index (χ1v) is 10.2. The van der Waals surface area contributed by atoms with Gasteiger partial charge >= 0.3 is 0 Å². The van der Waals surface area contributed by atoms with Gasteiger partial charge in [0, 0.05) is 25.2 Å². The number of carbonyl (C=O) groups is 1. The van der Waals surface area contributed by atoms with Crippen LogP contribution in [0.4, 0.5) is 15.9 Å². The summed E-state index contributed by atoms with van der Waals surface area (Å²) in [6.45, 7) is 1.46. The Hall–Kier alpha value is -3.07. The number of aromatic nitrogens is 4. The highest BCUT2D eigenvalue weighted by molar-refractivity contribution is 5.90. The molecule has 5 rings (SSSR count). The van der Waals surface area contributed by atoms with Gasteiger partial charge in [0.15, 0.2) is 17.2 Å². The molecule has 156 valence electrons. The first kappa shape index (κ1) is 18.9. The monoisotopic (exact) mass is 409 g/mol. The van der Waals surface area contributed by atoms with Crippen LogP contribution in [0.1, 0.15) is 31.2 Å². The molecule has 0 amide bonds. The van der Waals surface area contributed by atoms with Crippen LogP contribution in [0.3, 0.4) is 0 Å². The van der Waals surface area contributed by atoms with Gasteiger partial charge in [-0.1, -0.05) is 0 Å². The second-order valence-corrected chi connectivity index (χ2v) is 8.47. The lowest BCUT2D eigenvalue weighted by Gasteiger charge is -2.26. The summed E-state index contributed by atoms with van der Waals surface area (Å²) in [6.07, 6.45) is 6.44. The summed E-state index contributed by atoms with van der Waals surface area (Å²) in [4.78, 5) is 27.3. The van der Waals surface area contributed by atoms with Gasteiger partial charge in [0.25, 0.3) is 0 Å². The zero-order valence-electron chi connectivity index (χ0n) is 16.6. The Bertz CT molecular complexity index is 1130. The quantitative estimate of drug-likeness (QED) is 0.638. The van der Waals surface area contributed by atoms with Crippen molar-refractivity contribution in [3.05, 3.63) is 42.2 Å². The molecule has 2 aromatic heterocycles. The van der Waals surface area contributed by atoms with Crippen molar-refractivity contribution in [1.29, 1.82) is 0 Å². The van der Waals surface area contributed by atoms with Gasteiger partial charge in [-0.25, -0.2) is 19.3 Å². The Labute approximate surface area is 173 Å². The number of imidazole rings is 1. The number of rotatable bonds is 6. The van der Waals surface area contributed by atoms with Crippen molar-refractivity contribution in [3.63, 3.8) is 0 Å². The standard InChI is InChI=1S/C21H24FN7O/c22-15-3-4-16(28-6-5-21(24,10-28)17(30)7-13-1-2-13)14(8-15)9-29-12-27-18-19(23)25-11-26-20(18)29/h3-4,8,11-13H,1-2,5-7,9-10,24H2,(H2,23,25,26)/t21-/m1/s1. The van der Waals surface area contributed by atoms with Crippen LogP contribution in [0.15, 0.2) is 30.9 Å². The first-order valence-electron chi connectivity index (χ1n) is 10.2. The number of ketones is 1. The van der Waals surface area contributed by atoms with Crippen LogP contribution in [-0.4, -0.2) is 43.9 Å². The van der Waals surface area contributed by atoms with Gasteiger partial charge in [-0.2, -0.15) is 0 Å². The summed E-state index contributed by atoms with van der Waals surface area (Å²) in [5.41, 5.74) is 14.3. The molecule has 9 heteroatoms. The van der Waals surface area contributed by atoms with Crippen molar-refractivity contribution in [2.75, 3.05) is 23.7 Å². The third-order valence-electron chi connectivity index (χ3n) is 6.18. The minimum absolute atomic E-state index is 0.143. The van der Waals surface area contributed by atoms with Crippen LogP contribution >= 0.6 is 0 Å². The third-order valence-corrected chi connectivity index (χ3v) is 6.18. The molecule has 3 aromatic rings. The van der Waals surface area contributed by atoms with E-state index in [0.29, 0.717) is 55.4 Å². The van der Waals surface area contributed by atoms with Crippen LogP contribution < -0.4 is 16.4 Å². The minimum atomic E-state index is -0.836. The van der Waals surface area contributed by atoms with Crippen molar-refractivity contribution in [2.45, 2.75) is 37.8 Å². The number of carbonyl (C=O) groups excluding carboxylic acids is 1. The van der Waals surface area contributed by atoms with E-state index in [4.69, 9.17) is 11.5 Å². The Morgan fingerprint density at radius 3 is 2.90 bits per heavy atom. The molecule has 8 nitrogen and oxygen atoms in total. The van der Waals surface area contributed by atoms with Gasteiger partial charge in [-0.05, 0) is 48.9 Å². The first-order chi connectivity index (χ1) is 14.4. The van der Waals surface area contributed by atoms with Gasteiger partial charge in [-0.15, -0.1) is 0 Å². The van der Waals surface area contributed by atoms with Gasteiger partial charge in [0.1, 0.15) is 17.7 Å². The highest BCUT2D eigenvalue weighted by atomic mass is 19.1. The average Bonchev–Trinajstić information content (AvgIpc) is 3.29. The topological polar surface area (TPSA) is 116 Å². The van der Waals surface area contributed by atoms with Crippen LogP contribution in [0.5, 0.6) is 0 Å². The Kier molecular flexibility index (Phi) is 4.43. The van der Waals surface area contributed by atoms with Crippen LogP contribution in [0.25, 0.3) is 11.2 Å². The SMILES string of the molecule is Nc1ncnc2c1ncn2Cc1cc(F)ccc1N1CC[C@](N)(C(=O)CC2CC2)C1. The largest absolute Gasteiger partial charge is 0.382 e. The van der Waals surface area contributed by atoms with Crippen molar-refractivity contribution < 1.29 is 9.18 Å². The van der Waals surface area contributed by atoms with Crippen LogP contribution in [0, 0.1) is 11.7 Å². The number of nitrogens with two attached hydrogens (primary N) is 2. The Morgan fingerprint density at radius 2 is 2.10 bits per heavy atom. The highest BCUT2D eigenvalue weighted by Gasteiger charge is 2.43. The molecule has 0 spiro atoms. The number of anilines is 2. The lowest BCUT2D eigenvalue weighted by molar-refractivity contribution is -0.123. The Morgan fingerprint density at radius 1 is 1.27 bits per heavy atom. The summed E-state index contributed by atoms with van der Waals surface area (Å²) < 4.78 is 15.9. The molecule has 2 fully saturated rings. The highest BCUT2D eigenvalue weighted by Crippen LogP contribution is 2.36. The maximum atomic E-state index is 14.1. The van der Waals surface area contributed by atoms with Crippen LogP contribution in [-0.2, 0) is 11.3 Å². The molecule has 2 aliphatic rings. The molecular weight excluding hydrogens is 385 g/mol. The molecule has 1 saturated heterocycles. The summed E-state index contributed by atoms with van der Waals surface area (Å²) in [6, 6.07) is 4.70. The fraction of sp³-hybridized carbons (Fsp3) is 0.429. The molecule has 3 heterocycles. The molecule has 1 atom stereocenters. The minimum Gasteiger partial charge on any atom is -0.382 e. The number of benzene rings is 1. The lowest BCUT2D eigenvalue weighted by atomic mass is 9.91. The molecule has 1 aliphatic carbocycles.